The van der Waals surface area contributed by atoms with E-state index < -0.39 is 11.2 Å². The molecule has 0 bridgehead atoms. The quantitative estimate of drug-likeness (QED) is 0.148. The number of benzene rings is 7. The van der Waals surface area contributed by atoms with Crippen LogP contribution < -0.4 is 0 Å². The Hall–Kier alpha value is -6.60. The third-order valence-electron chi connectivity index (χ3n) is 10.7. The molecule has 0 fully saturated rings. The zero-order chi connectivity index (χ0) is 37.4. The molecule has 6 heteroatoms. The third-order valence-corrected chi connectivity index (χ3v) is 10.7. The van der Waals surface area contributed by atoms with Gasteiger partial charge in [-0.25, -0.2) is 9.97 Å². The first-order valence-electron chi connectivity index (χ1n) is 18.7. The van der Waals surface area contributed by atoms with Crippen molar-refractivity contribution in [2.75, 3.05) is 0 Å². The predicted molar refractivity (Wildman–Crippen MR) is 220 cm³/mol. The Morgan fingerprint density at radius 2 is 0.909 bits per heavy atom. The summed E-state index contributed by atoms with van der Waals surface area (Å²) in [5.41, 5.74) is 6.34. The molecule has 2 heterocycles. The van der Waals surface area contributed by atoms with Crippen LogP contribution in [-0.2, 0) is 24.3 Å². The fourth-order valence-electron chi connectivity index (χ4n) is 7.99. The first-order chi connectivity index (χ1) is 27.0. The van der Waals surface area contributed by atoms with Gasteiger partial charge in [-0.2, -0.15) is 0 Å². The van der Waals surface area contributed by atoms with Crippen molar-refractivity contribution in [2.45, 2.75) is 31.2 Å². The van der Waals surface area contributed by atoms with Gasteiger partial charge in [0.2, 0.25) is 0 Å². The van der Waals surface area contributed by atoms with Gasteiger partial charge in [0.25, 0.3) is 0 Å². The number of aryl methyl sites for hydroxylation is 1. The van der Waals surface area contributed by atoms with E-state index in [9.17, 15) is 10.2 Å². The number of rotatable bonds is 10. The molecule has 1 atom stereocenters. The number of nitrogens with zero attached hydrogens (tertiary/aromatic N) is 4. The minimum Gasteiger partial charge on any atom is -0.373 e. The highest BCUT2D eigenvalue weighted by atomic mass is 16.3. The van der Waals surface area contributed by atoms with Gasteiger partial charge in [-0.1, -0.05) is 158 Å². The fraction of sp³-hybridized carbons (Fsp3) is 0.102. The summed E-state index contributed by atoms with van der Waals surface area (Å²) in [4.78, 5) is 10.3. The maximum atomic E-state index is 13.3. The van der Waals surface area contributed by atoms with Crippen LogP contribution in [0, 0.1) is 0 Å². The van der Waals surface area contributed by atoms with E-state index in [1.54, 1.807) is 0 Å². The molecule has 0 saturated carbocycles. The Bertz CT molecular complexity index is 2700. The molecule has 268 valence electrons. The highest BCUT2D eigenvalue weighted by Gasteiger charge is 2.40. The van der Waals surface area contributed by atoms with Gasteiger partial charge < -0.3 is 19.3 Å². The van der Waals surface area contributed by atoms with Crippen molar-refractivity contribution in [1.29, 1.82) is 0 Å². The van der Waals surface area contributed by atoms with Crippen LogP contribution in [0.15, 0.2) is 188 Å². The van der Waals surface area contributed by atoms with Crippen LogP contribution in [0.4, 0.5) is 0 Å². The highest BCUT2D eigenvalue weighted by Crippen LogP contribution is 2.41. The van der Waals surface area contributed by atoms with Gasteiger partial charge in [0.1, 0.15) is 0 Å². The highest BCUT2D eigenvalue weighted by molar-refractivity contribution is 5.84. The molecule has 7 aromatic carbocycles. The van der Waals surface area contributed by atoms with E-state index in [4.69, 9.17) is 9.97 Å². The van der Waals surface area contributed by atoms with Crippen molar-refractivity contribution < 1.29 is 10.2 Å². The average molecular weight is 717 g/mol. The fourth-order valence-corrected chi connectivity index (χ4v) is 7.99. The van der Waals surface area contributed by atoms with Gasteiger partial charge in [0.15, 0.2) is 22.9 Å². The molecule has 0 spiro atoms. The number of aromatic nitrogens is 4. The molecular formula is C49H40N4O2. The van der Waals surface area contributed by atoms with Gasteiger partial charge in [-0.05, 0) is 76.2 Å². The zero-order valence-corrected chi connectivity index (χ0v) is 30.5. The van der Waals surface area contributed by atoms with Gasteiger partial charge >= 0.3 is 0 Å². The summed E-state index contributed by atoms with van der Waals surface area (Å²) in [5, 5.41) is 26.0. The molecule has 0 aliphatic carbocycles. The van der Waals surface area contributed by atoms with Crippen LogP contribution in [0.2, 0.25) is 0 Å². The summed E-state index contributed by atoms with van der Waals surface area (Å²) in [5.74, 6) is 1.11. The van der Waals surface area contributed by atoms with Crippen molar-refractivity contribution >= 4 is 22.1 Å². The monoisotopic (exact) mass is 716 g/mol. The lowest BCUT2D eigenvalue weighted by molar-refractivity contribution is 0.112. The van der Waals surface area contributed by atoms with Crippen LogP contribution in [0.1, 0.15) is 46.4 Å². The molecule has 55 heavy (non-hydrogen) atoms. The Balaban J connectivity index is 1.20. The number of hydrogen-bond acceptors (Lipinski definition) is 4. The summed E-state index contributed by atoms with van der Waals surface area (Å²) in [6.45, 7) is 3.22. The average Bonchev–Trinajstić information content (AvgIpc) is 3.83. The second kappa shape index (κ2) is 14.0. The smallest absolute Gasteiger partial charge is 0.173 e. The maximum absolute atomic E-state index is 13.3. The lowest BCUT2D eigenvalue weighted by atomic mass is 9.84. The topological polar surface area (TPSA) is 76.1 Å². The van der Waals surface area contributed by atoms with Gasteiger partial charge in [0, 0.05) is 13.1 Å². The SMILES string of the molecule is CCn1c(C(O)(c2ccccc2)c2ccccc2)nc2ccc(-c3cccc(C(O)(c4ccccc4)c4nc5ccccc5n4Cc4ccccc4)c3)cc21. The van der Waals surface area contributed by atoms with Gasteiger partial charge in [-0.3, -0.25) is 0 Å². The third kappa shape index (κ3) is 5.83. The summed E-state index contributed by atoms with van der Waals surface area (Å²) in [6, 6.07) is 62.0. The zero-order valence-electron chi connectivity index (χ0n) is 30.5. The predicted octanol–water partition coefficient (Wildman–Crippen LogP) is 9.69. The van der Waals surface area contributed by atoms with Crippen LogP contribution in [-0.4, -0.2) is 29.3 Å². The molecular weight excluding hydrogens is 677 g/mol. The number of aliphatic hydroxyl groups is 2. The van der Waals surface area contributed by atoms with E-state index in [2.05, 4.69) is 58.5 Å². The molecule has 0 amide bonds. The van der Waals surface area contributed by atoms with Crippen molar-refractivity contribution in [3.8, 4) is 11.1 Å². The molecule has 0 aliphatic heterocycles. The van der Waals surface area contributed by atoms with Crippen LogP contribution in [0.25, 0.3) is 33.2 Å². The van der Waals surface area contributed by atoms with Crippen LogP contribution in [0.3, 0.4) is 0 Å². The molecule has 9 rings (SSSR count). The number of para-hydroxylation sites is 2. The summed E-state index contributed by atoms with van der Waals surface area (Å²) in [6.07, 6.45) is 0. The molecule has 0 saturated heterocycles. The standard InChI is InChI=1S/C49H40N4O2/c1-2-52-45-33-37(30-31-43(45)51-46(52)48(54,38-21-9-4-10-22-38)39-23-11-5-12-24-39)36-20-17-27-41(32-36)49(55,40-25-13-6-14-26-40)47-50-42-28-15-16-29-44(42)53(47)34-35-18-7-3-8-19-35/h3-33,54-55H,2,34H2,1H3. The Morgan fingerprint density at radius 1 is 0.436 bits per heavy atom. The van der Waals surface area contributed by atoms with E-state index in [1.807, 2.05) is 146 Å². The normalized spacial score (nSPS) is 12.9. The Labute approximate surface area is 320 Å². The number of fused-ring (bicyclic) bond motifs is 2. The largest absolute Gasteiger partial charge is 0.373 e. The van der Waals surface area contributed by atoms with Gasteiger partial charge in [-0.15, -0.1) is 0 Å². The Morgan fingerprint density at radius 3 is 1.51 bits per heavy atom. The van der Waals surface area contributed by atoms with Crippen molar-refractivity contribution in [1.82, 2.24) is 19.1 Å². The summed E-state index contributed by atoms with van der Waals surface area (Å²) in [7, 11) is 0. The summed E-state index contributed by atoms with van der Waals surface area (Å²) < 4.78 is 4.24. The van der Waals surface area contributed by atoms with E-state index in [0.29, 0.717) is 30.3 Å². The van der Waals surface area contributed by atoms with E-state index in [1.165, 1.54) is 0 Å². The maximum Gasteiger partial charge on any atom is 0.173 e. The second-order valence-electron chi connectivity index (χ2n) is 14.0. The van der Waals surface area contributed by atoms with Crippen molar-refractivity contribution in [3.63, 3.8) is 0 Å². The first-order valence-corrected chi connectivity index (χ1v) is 18.7. The molecule has 2 aromatic heterocycles. The molecule has 0 aliphatic rings. The summed E-state index contributed by atoms with van der Waals surface area (Å²) >= 11 is 0. The van der Waals surface area contributed by atoms with E-state index in [-0.39, 0.29) is 0 Å². The van der Waals surface area contributed by atoms with Crippen molar-refractivity contribution in [2.24, 2.45) is 0 Å². The minimum atomic E-state index is -1.59. The lowest BCUT2D eigenvalue weighted by Crippen LogP contribution is -2.33. The molecule has 1 unspecified atom stereocenters. The lowest BCUT2D eigenvalue weighted by Gasteiger charge is -2.30. The van der Waals surface area contributed by atoms with Crippen molar-refractivity contribution in [3.05, 3.63) is 228 Å². The van der Waals surface area contributed by atoms with E-state index >= 15 is 0 Å². The molecule has 9 aromatic rings. The van der Waals surface area contributed by atoms with Crippen LogP contribution >= 0.6 is 0 Å². The first kappa shape index (κ1) is 34.2. The Kier molecular flexibility index (Phi) is 8.70. The number of imidazole rings is 2. The molecule has 0 radical (unpaired) electrons. The molecule has 6 nitrogen and oxygen atoms in total. The van der Waals surface area contributed by atoms with Gasteiger partial charge in [0.05, 0.1) is 22.1 Å². The van der Waals surface area contributed by atoms with Crippen LogP contribution in [0.5, 0.6) is 0 Å². The number of hydrogen-bond donors (Lipinski definition) is 2. The molecule has 2 N–H and O–H groups in total. The van der Waals surface area contributed by atoms with E-state index in [0.717, 1.165) is 55.4 Å². The minimum absolute atomic E-state index is 0.545. The second-order valence-corrected chi connectivity index (χ2v) is 14.0.